The van der Waals surface area contributed by atoms with Crippen LogP contribution < -0.4 is 10.6 Å². The summed E-state index contributed by atoms with van der Waals surface area (Å²) in [6, 6.07) is 9.99. The van der Waals surface area contributed by atoms with Gasteiger partial charge in [0.25, 0.3) is 0 Å². The topological polar surface area (TPSA) is 103 Å². The van der Waals surface area contributed by atoms with Crippen LogP contribution in [0.4, 0.5) is 11.8 Å². The Bertz CT molecular complexity index is 1220. The van der Waals surface area contributed by atoms with Crippen LogP contribution in [0.3, 0.4) is 0 Å². The van der Waals surface area contributed by atoms with Crippen molar-refractivity contribution in [2.45, 2.75) is 0 Å². The first kappa shape index (κ1) is 21.4. The van der Waals surface area contributed by atoms with Crippen molar-refractivity contribution in [1.82, 2.24) is 24.9 Å². The summed E-state index contributed by atoms with van der Waals surface area (Å²) in [6.45, 7) is 2.95. The number of nitrogens with zero attached hydrogens (tertiary/aromatic N) is 6. The number of halogens is 2. The van der Waals surface area contributed by atoms with Gasteiger partial charge in [0.15, 0.2) is 5.65 Å². The summed E-state index contributed by atoms with van der Waals surface area (Å²) in [5.74, 6) is 1.09. The number of hydrogen-bond acceptors (Lipinski definition) is 8. The molecule has 1 saturated heterocycles. The van der Waals surface area contributed by atoms with Crippen molar-refractivity contribution in [3.8, 4) is 22.4 Å². The average Bonchev–Trinajstić information content (AvgIpc) is 2.79. The van der Waals surface area contributed by atoms with Gasteiger partial charge in [0.05, 0.1) is 24.3 Å². The van der Waals surface area contributed by atoms with Crippen LogP contribution in [0.5, 0.6) is 0 Å². The molecule has 8 nitrogen and oxygen atoms in total. The summed E-state index contributed by atoms with van der Waals surface area (Å²) in [5.41, 5.74) is 10.1. The van der Waals surface area contributed by atoms with E-state index in [9.17, 15) is 0 Å². The van der Waals surface area contributed by atoms with E-state index in [1.165, 1.54) is 6.33 Å². The lowest BCUT2D eigenvalue weighted by molar-refractivity contribution is 0.122. The zero-order valence-corrected chi connectivity index (χ0v) is 18.8. The number of ether oxygens (including phenoxy) is 1. The van der Waals surface area contributed by atoms with Crippen molar-refractivity contribution in [3.05, 3.63) is 53.5 Å². The first-order chi connectivity index (χ1) is 14.7. The predicted octanol–water partition coefficient (Wildman–Crippen LogP) is 3.75. The Morgan fingerprint density at radius 3 is 2.48 bits per heavy atom. The second-order valence-corrected chi connectivity index (χ2v) is 7.81. The van der Waals surface area contributed by atoms with E-state index in [-0.39, 0.29) is 12.4 Å². The number of aromatic nitrogens is 5. The molecule has 0 atom stereocenters. The van der Waals surface area contributed by atoms with Crippen LogP contribution in [-0.2, 0) is 4.74 Å². The van der Waals surface area contributed by atoms with E-state index in [0.717, 1.165) is 45.3 Å². The molecule has 0 unspecified atom stereocenters. The van der Waals surface area contributed by atoms with Crippen LogP contribution in [-0.4, -0.2) is 51.2 Å². The number of rotatable bonds is 3. The van der Waals surface area contributed by atoms with Crippen molar-refractivity contribution in [1.29, 1.82) is 0 Å². The highest BCUT2D eigenvalue weighted by atomic mass is 79.9. The summed E-state index contributed by atoms with van der Waals surface area (Å²) >= 11 is 3.54. The van der Waals surface area contributed by atoms with E-state index in [1.807, 2.05) is 30.3 Å². The molecule has 4 aromatic rings. The highest BCUT2D eigenvalue weighted by molar-refractivity contribution is 9.10. The maximum atomic E-state index is 6.18. The second-order valence-electron chi connectivity index (χ2n) is 6.89. The van der Waals surface area contributed by atoms with Crippen LogP contribution in [0.1, 0.15) is 0 Å². The van der Waals surface area contributed by atoms with Gasteiger partial charge in [0.1, 0.15) is 12.1 Å². The minimum absolute atomic E-state index is 0. The standard InChI is InChI=1S/C21H18BrN7O.ClH/c22-15-3-1-2-13(8-15)16-9-17(28-20-18(16)19(23)26-12-27-20)14-10-24-21(25-11-14)29-4-6-30-7-5-29;/h1-3,8-12H,4-7H2,(H2,23,26,27,28);1H. The third kappa shape index (κ3) is 4.30. The molecule has 0 bridgehead atoms. The number of nitrogen functional groups attached to an aromatic ring is 1. The molecular weight excluding hydrogens is 482 g/mol. The third-order valence-electron chi connectivity index (χ3n) is 5.00. The number of hydrogen-bond donors (Lipinski definition) is 1. The van der Waals surface area contributed by atoms with Crippen molar-refractivity contribution >= 4 is 51.1 Å². The molecular formula is C21H19BrClN7O. The van der Waals surface area contributed by atoms with E-state index in [0.29, 0.717) is 30.6 Å². The SMILES string of the molecule is Cl.Nc1ncnc2nc(-c3cnc(N4CCOCC4)nc3)cc(-c3cccc(Br)c3)c12. The highest BCUT2D eigenvalue weighted by Gasteiger charge is 2.16. The molecule has 158 valence electrons. The van der Waals surface area contributed by atoms with E-state index in [4.69, 9.17) is 15.5 Å². The highest BCUT2D eigenvalue weighted by Crippen LogP contribution is 2.34. The maximum Gasteiger partial charge on any atom is 0.225 e. The number of morpholine rings is 1. The zero-order chi connectivity index (χ0) is 20.5. The van der Waals surface area contributed by atoms with Gasteiger partial charge >= 0.3 is 0 Å². The first-order valence-electron chi connectivity index (χ1n) is 9.51. The fourth-order valence-electron chi connectivity index (χ4n) is 3.50. The van der Waals surface area contributed by atoms with Gasteiger partial charge in [0, 0.05) is 35.5 Å². The number of pyridine rings is 1. The lowest BCUT2D eigenvalue weighted by Crippen LogP contribution is -2.37. The van der Waals surface area contributed by atoms with Crippen LogP contribution in [0.2, 0.25) is 0 Å². The Labute approximate surface area is 193 Å². The Kier molecular flexibility index (Phi) is 6.26. The lowest BCUT2D eigenvalue weighted by Gasteiger charge is -2.26. The quantitative estimate of drug-likeness (QED) is 0.454. The molecule has 1 aromatic carbocycles. The predicted molar refractivity (Wildman–Crippen MR) is 126 cm³/mol. The number of nitrogens with two attached hydrogens (primary N) is 1. The fourth-order valence-corrected chi connectivity index (χ4v) is 3.90. The lowest BCUT2D eigenvalue weighted by atomic mass is 10.0. The maximum absolute atomic E-state index is 6.18. The Balaban J connectivity index is 0.00000231. The molecule has 0 aliphatic carbocycles. The Hall–Kier alpha value is -2.88. The molecule has 2 N–H and O–H groups in total. The monoisotopic (exact) mass is 499 g/mol. The molecule has 3 aromatic heterocycles. The molecule has 0 spiro atoms. The minimum Gasteiger partial charge on any atom is -0.383 e. The van der Waals surface area contributed by atoms with Crippen molar-refractivity contribution in [2.24, 2.45) is 0 Å². The summed E-state index contributed by atoms with van der Waals surface area (Å²) in [5, 5.41) is 0.727. The summed E-state index contributed by atoms with van der Waals surface area (Å²) in [4.78, 5) is 24.4. The van der Waals surface area contributed by atoms with Crippen LogP contribution >= 0.6 is 28.3 Å². The summed E-state index contributed by atoms with van der Waals surface area (Å²) in [6.07, 6.45) is 5.01. The van der Waals surface area contributed by atoms with E-state index in [2.05, 4.69) is 40.8 Å². The molecule has 1 aliphatic rings. The molecule has 0 radical (unpaired) electrons. The smallest absolute Gasteiger partial charge is 0.225 e. The van der Waals surface area contributed by atoms with Gasteiger partial charge in [-0.2, -0.15) is 0 Å². The first-order valence-corrected chi connectivity index (χ1v) is 10.3. The van der Waals surface area contributed by atoms with Crippen LogP contribution in [0.15, 0.2) is 53.5 Å². The van der Waals surface area contributed by atoms with Gasteiger partial charge in [-0.15, -0.1) is 12.4 Å². The van der Waals surface area contributed by atoms with Gasteiger partial charge in [-0.05, 0) is 29.3 Å². The van der Waals surface area contributed by atoms with Crippen LogP contribution in [0, 0.1) is 0 Å². The minimum atomic E-state index is 0. The third-order valence-corrected chi connectivity index (χ3v) is 5.49. The summed E-state index contributed by atoms with van der Waals surface area (Å²) < 4.78 is 6.37. The number of anilines is 2. The molecule has 0 amide bonds. The van der Waals surface area contributed by atoms with E-state index in [1.54, 1.807) is 12.4 Å². The normalized spacial score (nSPS) is 13.8. The molecule has 1 aliphatic heterocycles. The zero-order valence-electron chi connectivity index (χ0n) is 16.4. The molecule has 31 heavy (non-hydrogen) atoms. The fraction of sp³-hybridized carbons (Fsp3) is 0.190. The Morgan fingerprint density at radius 1 is 0.968 bits per heavy atom. The molecule has 4 heterocycles. The van der Waals surface area contributed by atoms with Gasteiger partial charge < -0.3 is 15.4 Å². The molecule has 5 rings (SSSR count). The van der Waals surface area contributed by atoms with E-state index >= 15 is 0 Å². The largest absolute Gasteiger partial charge is 0.383 e. The number of benzene rings is 1. The van der Waals surface area contributed by atoms with Gasteiger partial charge in [-0.1, -0.05) is 28.1 Å². The second kappa shape index (κ2) is 9.09. The van der Waals surface area contributed by atoms with Crippen molar-refractivity contribution < 1.29 is 4.74 Å². The van der Waals surface area contributed by atoms with Crippen molar-refractivity contribution in [2.75, 3.05) is 36.9 Å². The average molecular weight is 501 g/mol. The van der Waals surface area contributed by atoms with Gasteiger partial charge in [-0.25, -0.2) is 24.9 Å². The molecule has 0 saturated carbocycles. The van der Waals surface area contributed by atoms with Gasteiger partial charge in [0.2, 0.25) is 5.95 Å². The van der Waals surface area contributed by atoms with Crippen molar-refractivity contribution in [3.63, 3.8) is 0 Å². The van der Waals surface area contributed by atoms with Crippen LogP contribution in [0.25, 0.3) is 33.4 Å². The number of fused-ring (bicyclic) bond motifs is 1. The molecule has 1 fully saturated rings. The summed E-state index contributed by atoms with van der Waals surface area (Å²) in [7, 11) is 0. The van der Waals surface area contributed by atoms with E-state index < -0.39 is 0 Å². The Morgan fingerprint density at radius 2 is 1.74 bits per heavy atom. The molecule has 10 heteroatoms. The van der Waals surface area contributed by atoms with Gasteiger partial charge in [-0.3, -0.25) is 0 Å².